The molecule has 6 nitrogen and oxygen atoms in total. The lowest BCUT2D eigenvalue weighted by Crippen LogP contribution is -2.31. The normalized spacial score (nSPS) is 20.4. The van der Waals surface area contributed by atoms with E-state index in [1.54, 1.807) is 0 Å². The van der Waals surface area contributed by atoms with E-state index in [9.17, 15) is 13.2 Å². The molecule has 17 heavy (non-hydrogen) atoms. The van der Waals surface area contributed by atoms with Crippen molar-refractivity contribution in [2.24, 2.45) is 5.92 Å². The van der Waals surface area contributed by atoms with Crippen LogP contribution >= 0.6 is 0 Å². The number of hydrogen-bond acceptors (Lipinski definition) is 5. The van der Waals surface area contributed by atoms with Gasteiger partial charge in [0.1, 0.15) is 0 Å². The van der Waals surface area contributed by atoms with E-state index in [4.69, 9.17) is 4.74 Å². The second kappa shape index (κ2) is 6.93. The van der Waals surface area contributed by atoms with Crippen molar-refractivity contribution in [1.29, 1.82) is 0 Å². The van der Waals surface area contributed by atoms with E-state index in [2.05, 4.69) is 9.46 Å². The highest BCUT2D eigenvalue weighted by atomic mass is 32.2. The second-order valence-corrected chi connectivity index (χ2v) is 6.00. The van der Waals surface area contributed by atoms with Crippen molar-refractivity contribution in [3.05, 3.63) is 0 Å². The molecule has 1 aliphatic rings. The van der Waals surface area contributed by atoms with E-state index in [0.717, 1.165) is 6.42 Å². The Morgan fingerprint density at radius 2 is 2.29 bits per heavy atom. The van der Waals surface area contributed by atoms with Gasteiger partial charge in [0.15, 0.2) is 0 Å². The van der Waals surface area contributed by atoms with Gasteiger partial charge in [-0.15, -0.1) is 0 Å². The quantitative estimate of drug-likeness (QED) is 0.650. The van der Waals surface area contributed by atoms with Crippen LogP contribution in [0.25, 0.3) is 0 Å². The standard InChI is InChI=1S/C10H19NO5S/c1-15-10(12)3-2-6-17(13,14)11-7-9-4-5-16-8-9/h9,11H,2-8H2,1H3/t9-/m0/s1. The maximum atomic E-state index is 11.6. The van der Waals surface area contributed by atoms with Crippen molar-refractivity contribution in [2.75, 3.05) is 32.6 Å². The molecule has 0 unspecified atom stereocenters. The monoisotopic (exact) mass is 265 g/mol. The van der Waals surface area contributed by atoms with Gasteiger partial charge in [0.25, 0.3) is 0 Å². The van der Waals surface area contributed by atoms with Crippen LogP contribution in [0.1, 0.15) is 19.3 Å². The van der Waals surface area contributed by atoms with Crippen molar-refractivity contribution < 1.29 is 22.7 Å². The lowest BCUT2D eigenvalue weighted by atomic mass is 10.1. The molecule has 0 amide bonds. The Morgan fingerprint density at radius 3 is 2.88 bits per heavy atom. The molecule has 1 saturated heterocycles. The van der Waals surface area contributed by atoms with Crippen LogP contribution in [0.3, 0.4) is 0 Å². The number of carbonyl (C=O) groups is 1. The summed E-state index contributed by atoms with van der Waals surface area (Å²) in [5, 5.41) is 0. The highest BCUT2D eigenvalue weighted by molar-refractivity contribution is 7.89. The Hall–Kier alpha value is -0.660. The van der Waals surface area contributed by atoms with Crippen LogP contribution in [0.2, 0.25) is 0 Å². The molecule has 0 saturated carbocycles. The molecule has 0 radical (unpaired) electrons. The molecular weight excluding hydrogens is 246 g/mol. The summed E-state index contributed by atoms with van der Waals surface area (Å²) in [4.78, 5) is 10.8. The van der Waals surface area contributed by atoms with Gasteiger partial charge in [-0.05, 0) is 18.8 Å². The van der Waals surface area contributed by atoms with Gasteiger partial charge in [-0.1, -0.05) is 0 Å². The number of nitrogens with one attached hydrogen (secondary N) is 1. The topological polar surface area (TPSA) is 81.7 Å². The molecule has 1 aliphatic heterocycles. The number of hydrogen-bond donors (Lipinski definition) is 1. The number of methoxy groups -OCH3 is 1. The molecule has 0 bridgehead atoms. The summed E-state index contributed by atoms with van der Waals surface area (Å²) in [6, 6.07) is 0. The van der Waals surface area contributed by atoms with Gasteiger partial charge in [-0.25, -0.2) is 13.1 Å². The van der Waals surface area contributed by atoms with E-state index in [1.807, 2.05) is 0 Å². The summed E-state index contributed by atoms with van der Waals surface area (Å²) >= 11 is 0. The van der Waals surface area contributed by atoms with Gasteiger partial charge in [-0.3, -0.25) is 4.79 Å². The smallest absolute Gasteiger partial charge is 0.305 e. The molecule has 0 spiro atoms. The third-order valence-electron chi connectivity index (χ3n) is 2.64. The molecule has 1 rings (SSSR count). The van der Waals surface area contributed by atoms with E-state index >= 15 is 0 Å². The predicted molar refractivity (Wildman–Crippen MR) is 62.0 cm³/mol. The zero-order chi connectivity index (χ0) is 12.7. The Balaban J connectivity index is 2.18. The van der Waals surface area contributed by atoms with Crippen LogP contribution in [0.5, 0.6) is 0 Å². The van der Waals surface area contributed by atoms with E-state index < -0.39 is 10.0 Å². The number of rotatable bonds is 7. The lowest BCUT2D eigenvalue weighted by molar-refractivity contribution is -0.140. The predicted octanol–water partition coefficient (Wildman–Crippen LogP) is -0.104. The average molecular weight is 265 g/mol. The summed E-state index contributed by atoms with van der Waals surface area (Å²) in [5.41, 5.74) is 0. The molecule has 0 aromatic rings. The zero-order valence-corrected chi connectivity index (χ0v) is 10.8. The average Bonchev–Trinajstić information content (AvgIpc) is 2.79. The van der Waals surface area contributed by atoms with E-state index in [1.165, 1.54) is 7.11 Å². The first-order valence-electron chi connectivity index (χ1n) is 5.65. The largest absolute Gasteiger partial charge is 0.469 e. The molecule has 0 aromatic heterocycles. The van der Waals surface area contributed by atoms with Crippen molar-refractivity contribution >= 4 is 16.0 Å². The van der Waals surface area contributed by atoms with E-state index in [0.29, 0.717) is 19.8 Å². The van der Waals surface area contributed by atoms with Gasteiger partial charge in [0.05, 0.1) is 19.5 Å². The molecular formula is C10H19NO5S. The van der Waals surface area contributed by atoms with Gasteiger partial charge in [0, 0.05) is 19.6 Å². The third kappa shape index (κ3) is 5.99. The number of sulfonamides is 1. The van der Waals surface area contributed by atoms with Crippen molar-refractivity contribution in [1.82, 2.24) is 4.72 Å². The van der Waals surface area contributed by atoms with E-state index in [-0.39, 0.29) is 30.5 Å². The first kappa shape index (κ1) is 14.4. The van der Waals surface area contributed by atoms with Gasteiger partial charge >= 0.3 is 5.97 Å². The van der Waals surface area contributed by atoms with Crippen molar-refractivity contribution in [3.63, 3.8) is 0 Å². The highest BCUT2D eigenvalue weighted by Gasteiger charge is 2.18. The van der Waals surface area contributed by atoms with Crippen molar-refractivity contribution in [3.8, 4) is 0 Å². The van der Waals surface area contributed by atoms with Gasteiger partial charge in [0.2, 0.25) is 10.0 Å². The maximum Gasteiger partial charge on any atom is 0.305 e. The molecule has 100 valence electrons. The van der Waals surface area contributed by atoms with Crippen LogP contribution in [0, 0.1) is 5.92 Å². The second-order valence-electron chi connectivity index (χ2n) is 4.08. The SMILES string of the molecule is COC(=O)CCCS(=O)(=O)NC[C@@H]1CCOC1. The number of ether oxygens (including phenoxy) is 2. The minimum atomic E-state index is -3.29. The molecule has 0 aromatic carbocycles. The Kier molecular flexibility index (Phi) is 5.87. The molecule has 1 heterocycles. The summed E-state index contributed by atoms with van der Waals surface area (Å²) < 4.78 is 35.2. The molecule has 7 heteroatoms. The fourth-order valence-corrected chi connectivity index (χ4v) is 2.73. The minimum absolute atomic E-state index is 0.0460. The molecule has 1 fully saturated rings. The minimum Gasteiger partial charge on any atom is -0.469 e. The summed E-state index contributed by atoms with van der Waals surface area (Å²) in [5.74, 6) is -0.162. The number of carbonyl (C=O) groups excluding carboxylic acids is 1. The van der Waals surface area contributed by atoms with Crippen LogP contribution in [0.4, 0.5) is 0 Å². The fraction of sp³-hybridized carbons (Fsp3) is 0.900. The fourth-order valence-electron chi connectivity index (χ4n) is 1.57. The van der Waals surface area contributed by atoms with Crippen LogP contribution < -0.4 is 4.72 Å². The maximum absolute atomic E-state index is 11.6. The summed E-state index contributed by atoms with van der Waals surface area (Å²) in [6.07, 6.45) is 1.30. The van der Waals surface area contributed by atoms with Crippen LogP contribution in [-0.4, -0.2) is 47.0 Å². The third-order valence-corrected chi connectivity index (χ3v) is 4.07. The van der Waals surface area contributed by atoms with Crippen LogP contribution in [-0.2, 0) is 24.3 Å². The summed E-state index contributed by atoms with van der Waals surface area (Å²) in [6.45, 7) is 1.74. The molecule has 1 N–H and O–H groups in total. The Labute approximate surface area is 102 Å². The van der Waals surface area contributed by atoms with Crippen LogP contribution in [0.15, 0.2) is 0 Å². The van der Waals surface area contributed by atoms with Gasteiger partial charge in [-0.2, -0.15) is 0 Å². The first-order valence-corrected chi connectivity index (χ1v) is 7.30. The number of esters is 1. The molecule has 1 atom stereocenters. The highest BCUT2D eigenvalue weighted by Crippen LogP contribution is 2.11. The summed E-state index contributed by atoms with van der Waals surface area (Å²) in [7, 11) is -2.00. The lowest BCUT2D eigenvalue weighted by Gasteiger charge is -2.09. The zero-order valence-electron chi connectivity index (χ0n) is 9.98. The Bertz CT molecular complexity index is 335. The van der Waals surface area contributed by atoms with Gasteiger partial charge < -0.3 is 9.47 Å². The Morgan fingerprint density at radius 1 is 1.53 bits per heavy atom. The first-order chi connectivity index (χ1) is 8.03. The van der Waals surface area contributed by atoms with Crippen molar-refractivity contribution in [2.45, 2.75) is 19.3 Å². The molecule has 0 aliphatic carbocycles.